The van der Waals surface area contributed by atoms with Crippen LogP contribution in [-0.2, 0) is 0 Å². The number of para-hydroxylation sites is 2. The maximum atomic E-state index is 7.29. The van der Waals surface area contributed by atoms with Gasteiger partial charge in [-0.05, 0) is 73.3 Å². The van der Waals surface area contributed by atoms with Gasteiger partial charge in [-0.3, -0.25) is 0 Å². The van der Waals surface area contributed by atoms with Crippen LogP contribution < -0.4 is 4.74 Å². The number of ether oxygens (including phenoxy) is 1. The Labute approximate surface area is 318 Å². The number of hydrogen-bond donors (Lipinski definition) is 0. The quantitative estimate of drug-likeness (QED) is 0.167. The number of rotatable bonds is 3. The second-order valence-electron chi connectivity index (χ2n) is 14.7. The lowest BCUT2D eigenvalue weighted by atomic mass is 9.76. The Kier molecular flexibility index (Phi) is 6.43. The summed E-state index contributed by atoms with van der Waals surface area (Å²) in [5.41, 5.74) is 9.71. The van der Waals surface area contributed by atoms with Crippen LogP contribution >= 0.6 is 0 Å². The van der Waals surface area contributed by atoms with Crippen LogP contribution in [0.4, 0.5) is 0 Å². The van der Waals surface area contributed by atoms with E-state index in [-0.39, 0.29) is 5.92 Å². The molecule has 0 aliphatic carbocycles. The van der Waals surface area contributed by atoms with Gasteiger partial charge in [-0.2, -0.15) is 0 Å². The third-order valence-corrected chi connectivity index (χ3v) is 11.9. The summed E-state index contributed by atoms with van der Waals surface area (Å²) < 4.78 is 9.68. The van der Waals surface area contributed by atoms with Crippen molar-refractivity contribution < 1.29 is 4.74 Å². The molecule has 0 saturated carbocycles. The highest BCUT2D eigenvalue weighted by molar-refractivity contribution is 6.18. The first-order chi connectivity index (χ1) is 27.3. The van der Waals surface area contributed by atoms with Crippen molar-refractivity contribution >= 4 is 64.9 Å². The van der Waals surface area contributed by atoms with Crippen LogP contribution in [0.5, 0.6) is 11.5 Å². The molecule has 0 amide bonds. The SMILES string of the molecule is c1ccc(-n2c3ccccc3c3c(-c4ccc(C5c6c(c7ccccc7c7ccccc67)Oc6c5c5ccccc5c5ccccc65)cc4)cccc32)cc1. The molecule has 256 valence electrons. The summed E-state index contributed by atoms with van der Waals surface area (Å²) in [4.78, 5) is 0. The van der Waals surface area contributed by atoms with E-state index in [4.69, 9.17) is 4.74 Å². The molecule has 0 atom stereocenters. The summed E-state index contributed by atoms with van der Waals surface area (Å²) in [6, 6.07) is 70.8. The maximum Gasteiger partial charge on any atom is 0.140 e. The fourth-order valence-electron chi connectivity index (χ4n) is 9.62. The number of benzene rings is 10. The summed E-state index contributed by atoms with van der Waals surface area (Å²) in [5, 5.41) is 12.2. The van der Waals surface area contributed by atoms with Gasteiger partial charge in [0, 0.05) is 44.3 Å². The Morgan fingerprint density at radius 2 is 0.800 bits per heavy atom. The van der Waals surface area contributed by atoms with Crippen molar-refractivity contribution in [2.24, 2.45) is 0 Å². The van der Waals surface area contributed by atoms with Crippen molar-refractivity contribution in [2.45, 2.75) is 5.92 Å². The molecule has 1 aliphatic heterocycles. The Balaban J connectivity index is 1.14. The molecule has 2 nitrogen and oxygen atoms in total. The molecular formula is C53H33NO. The molecule has 2 heterocycles. The van der Waals surface area contributed by atoms with Gasteiger partial charge < -0.3 is 9.30 Å². The largest absolute Gasteiger partial charge is 0.455 e. The van der Waals surface area contributed by atoms with E-state index in [0.29, 0.717) is 0 Å². The molecule has 0 radical (unpaired) electrons. The maximum absolute atomic E-state index is 7.29. The number of aromatic nitrogens is 1. The summed E-state index contributed by atoms with van der Waals surface area (Å²) in [6.45, 7) is 0. The van der Waals surface area contributed by atoms with Gasteiger partial charge in [-0.25, -0.2) is 0 Å². The third-order valence-electron chi connectivity index (χ3n) is 11.9. The molecule has 1 aromatic heterocycles. The predicted octanol–water partition coefficient (Wildman–Crippen LogP) is 14.3. The van der Waals surface area contributed by atoms with Crippen molar-refractivity contribution in [2.75, 3.05) is 0 Å². The van der Waals surface area contributed by atoms with Crippen LogP contribution in [0, 0.1) is 0 Å². The molecule has 0 saturated heterocycles. The molecule has 1 aliphatic rings. The Morgan fingerprint density at radius 3 is 1.38 bits per heavy atom. The highest BCUT2D eigenvalue weighted by Gasteiger charge is 2.35. The Bertz CT molecular complexity index is 3210. The summed E-state index contributed by atoms with van der Waals surface area (Å²) in [5.74, 6) is 1.84. The van der Waals surface area contributed by atoms with Crippen LogP contribution in [0.3, 0.4) is 0 Å². The molecule has 55 heavy (non-hydrogen) atoms. The van der Waals surface area contributed by atoms with Crippen molar-refractivity contribution in [3.8, 4) is 28.3 Å². The molecule has 0 fully saturated rings. The van der Waals surface area contributed by atoms with Crippen molar-refractivity contribution in [3.05, 3.63) is 211 Å². The molecule has 0 spiro atoms. The van der Waals surface area contributed by atoms with Crippen molar-refractivity contribution in [1.82, 2.24) is 4.57 Å². The number of nitrogens with zero attached hydrogens (tertiary/aromatic N) is 1. The number of fused-ring (bicyclic) bond motifs is 15. The van der Waals surface area contributed by atoms with Crippen molar-refractivity contribution in [1.29, 1.82) is 0 Å². The average Bonchev–Trinajstić information content (AvgIpc) is 3.61. The van der Waals surface area contributed by atoms with Crippen molar-refractivity contribution in [3.63, 3.8) is 0 Å². The summed E-state index contributed by atoms with van der Waals surface area (Å²) in [6.07, 6.45) is 0. The molecule has 0 bridgehead atoms. The summed E-state index contributed by atoms with van der Waals surface area (Å²) >= 11 is 0. The Hall–Kier alpha value is -7.16. The lowest BCUT2D eigenvalue weighted by molar-refractivity contribution is 0.467. The van der Waals surface area contributed by atoms with Gasteiger partial charge in [0.2, 0.25) is 0 Å². The third kappa shape index (κ3) is 4.31. The fourth-order valence-corrected chi connectivity index (χ4v) is 9.62. The lowest BCUT2D eigenvalue weighted by Crippen LogP contribution is -2.14. The minimum Gasteiger partial charge on any atom is -0.455 e. The Morgan fingerprint density at radius 1 is 0.345 bits per heavy atom. The van der Waals surface area contributed by atoms with E-state index < -0.39 is 0 Å². The molecular weight excluding hydrogens is 667 g/mol. The highest BCUT2D eigenvalue weighted by Crippen LogP contribution is 2.57. The first-order valence-electron chi connectivity index (χ1n) is 19.1. The minimum atomic E-state index is -0.0624. The monoisotopic (exact) mass is 699 g/mol. The fraction of sp³-hybridized carbons (Fsp3) is 0.0189. The standard InChI is InChI=1S/C53H33NO/c1-2-15-35(16-3-1)54-46-27-13-12-25-45(46)49-36(26-14-28-47(49)54)33-29-31-34(32-30-33)48-50-41-21-8-4-17-37(41)39-19-6-10-23-43(39)52(50)55-53-44-24-11-7-20-40(44)38-18-5-9-22-42(38)51(48)53/h1-32,48H. The van der Waals surface area contributed by atoms with E-state index in [2.05, 4.69) is 199 Å². The van der Waals surface area contributed by atoms with Crippen LogP contribution in [0.15, 0.2) is 194 Å². The van der Waals surface area contributed by atoms with E-state index in [1.54, 1.807) is 0 Å². The van der Waals surface area contributed by atoms with E-state index >= 15 is 0 Å². The summed E-state index contributed by atoms with van der Waals surface area (Å²) in [7, 11) is 0. The molecule has 10 aromatic carbocycles. The van der Waals surface area contributed by atoms with Gasteiger partial charge in [0.05, 0.1) is 11.0 Å². The minimum absolute atomic E-state index is 0.0624. The first-order valence-corrected chi connectivity index (χ1v) is 19.1. The smallest absolute Gasteiger partial charge is 0.140 e. The van der Waals surface area contributed by atoms with Crippen LogP contribution in [0.25, 0.3) is 81.7 Å². The normalized spacial score (nSPS) is 12.8. The lowest BCUT2D eigenvalue weighted by Gasteiger charge is -2.33. The van der Waals surface area contributed by atoms with Crippen LogP contribution in [0.1, 0.15) is 22.6 Å². The molecule has 12 rings (SSSR count). The number of hydrogen-bond acceptors (Lipinski definition) is 1. The zero-order valence-corrected chi connectivity index (χ0v) is 29.9. The van der Waals surface area contributed by atoms with Gasteiger partial charge in [0.25, 0.3) is 0 Å². The molecule has 2 heteroatoms. The van der Waals surface area contributed by atoms with Gasteiger partial charge in [-0.1, -0.05) is 170 Å². The van der Waals surface area contributed by atoms with Gasteiger partial charge >= 0.3 is 0 Å². The molecule has 0 N–H and O–H groups in total. The highest BCUT2D eigenvalue weighted by atomic mass is 16.5. The van der Waals surface area contributed by atoms with E-state index in [0.717, 1.165) is 28.0 Å². The van der Waals surface area contributed by atoms with Gasteiger partial charge in [0.15, 0.2) is 0 Å². The second kappa shape index (κ2) is 11.7. The average molecular weight is 700 g/mol. The molecule has 11 aromatic rings. The van der Waals surface area contributed by atoms with Gasteiger partial charge in [-0.15, -0.1) is 0 Å². The first kappa shape index (κ1) is 30.3. The van der Waals surface area contributed by atoms with Gasteiger partial charge in [0.1, 0.15) is 11.5 Å². The van der Waals surface area contributed by atoms with E-state index in [9.17, 15) is 0 Å². The van der Waals surface area contributed by atoms with Crippen LogP contribution in [0.2, 0.25) is 0 Å². The van der Waals surface area contributed by atoms with E-state index in [1.807, 2.05) is 0 Å². The second-order valence-corrected chi connectivity index (χ2v) is 14.7. The predicted molar refractivity (Wildman–Crippen MR) is 230 cm³/mol. The topological polar surface area (TPSA) is 14.2 Å². The molecule has 0 unspecified atom stereocenters. The van der Waals surface area contributed by atoms with Crippen LogP contribution in [-0.4, -0.2) is 4.57 Å². The van der Waals surface area contributed by atoms with E-state index in [1.165, 1.54) is 81.9 Å². The zero-order chi connectivity index (χ0) is 36.0. The zero-order valence-electron chi connectivity index (χ0n) is 29.9.